The van der Waals surface area contributed by atoms with Gasteiger partial charge in [-0.2, -0.15) is 0 Å². The van der Waals surface area contributed by atoms with Gasteiger partial charge in [-0.05, 0) is 148 Å². The summed E-state index contributed by atoms with van der Waals surface area (Å²) in [4.78, 5) is 58.5. The molecule has 0 spiro atoms. The van der Waals surface area contributed by atoms with Crippen LogP contribution in [0.2, 0.25) is 0 Å². The van der Waals surface area contributed by atoms with Gasteiger partial charge in [0.2, 0.25) is 0 Å². The monoisotopic (exact) mass is 1400 g/mol. The van der Waals surface area contributed by atoms with Gasteiger partial charge >= 0.3 is 33.6 Å². The molecule has 5 atom stereocenters. The van der Waals surface area contributed by atoms with Crippen molar-refractivity contribution in [2.75, 3.05) is 39.6 Å². The van der Waals surface area contributed by atoms with Crippen molar-refractivity contribution in [3.05, 3.63) is 158 Å². The van der Waals surface area contributed by atoms with Crippen molar-refractivity contribution < 1.29 is 75.8 Å². The van der Waals surface area contributed by atoms with Crippen molar-refractivity contribution >= 4 is 33.6 Å². The topological polar surface area (TPSA) is 231 Å². The minimum atomic E-state index is -4.94. The highest BCUT2D eigenvalue weighted by Crippen LogP contribution is 2.45. The number of unbranched alkanes of at least 4 members (excludes halogenated alkanes) is 19. The maximum Gasteiger partial charge on any atom is 0.472 e. The number of phosphoric ester groups is 2. The number of aliphatic hydroxyl groups excluding tert-OH is 2. The third-order valence-corrected chi connectivity index (χ3v) is 16.6. The molecule has 0 aliphatic carbocycles. The van der Waals surface area contributed by atoms with Gasteiger partial charge in [0.15, 0.2) is 6.10 Å². The Morgan fingerprint density at radius 2 is 0.546 bits per heavy atom. The van der Waals surface area contributed by atoms with Crippen LogP contribution < -0.4 is 0 Å². The van der Waals surface area contributed by atoms with Crippen LogP contribution in [0.5, 0.6) is 0 Å². The summed E-state index contributed by atoms with van der Waals surface area (Å²) in [5, 5.41) is 20.6. The van der Waals surface area contributed by atoms with Gasteiger partial charge < -0.3 is 34.2 Å². The number of carbonyl (C=O) groups is 3. The predicted octanol–water partition coefficient (Wildman–Crippen LogP) is 21.1. The molecule has 0 aromatic carbocycles. The molecule has 18 heteroatoms. The van der Waals surface area contributed by atoms with Gasteiger partial charge in [0, 0.05) is 19.3 Å². The predicted molar refractivity (Wildman–Crippen MR) is 399 cm³/mol. The molecule has 4 N–H and O–H groups in total. The summed E-state index contributed by atoms with van der Waals surface area (Å²) in [5.41, 5.74) is 0. The fourth-order valence-electron chi connectivity index (χ4n) is 9.16. The Labute approximate surface area is 587 Å². The second-order valence-corrected chi connectivity index (χ2v) is 26.9. The Balaban J connectivity index is 4.67. The number of carbonyl (C=O) groups excluding carboxylic acids is 3. The highest BCUT2D eigenvalue weighted by atomic mass is 31.2. The fraction of sp³-hybridized carbons (Fsp3) is 0.633. The molecule has 0 fully saturated rings. The van der Waals surface area contributed by atoms with E-state index in [0.29, 0.717) is 19.3 Å². The average Bonchev–Trinajstić information content (AvgIpc) is 1.82. The van der Waals surface area contributed by atoms with Crippen LogP contribution in [-0.2, 0) is 55.8 Å². The van der Waals surface area contributed by atoms with Crippen molar-refractivity contribution in [1.29, 1.82) is 0 Å². The average molecular weight is 1400 g/mol. The molecule has 5 unspecified atom stereocenters. The van der Waals surface area contributed by atoms with E-state index in [1.165, 1.54) is 19.3 Å². The number of phosphoric acid groups is 2. The van der Waals surface area contributed by atoms with Crippen LogP contribution in [0.25, 0.3) is 0 Å². The molecule has 0 aliphatic heterocycles. The summed E-state index contributed by atoms with van der Waals surface area (Å²) in [5.74, 6) is -1.64. The molecule has 0 saturated carbocycles. The van der Waals surface area contributed by atoms with E-state index in [-0.39, 0.29) is 19.3 Å². The summed E-state index contributed by atoms with van der Waals surface area (Å²) in [6, 6.07) is 0. The molecule has 0 aromatic heterocycles. The number of hydrogen-bond donors (Lipinski definition) is 4. The van der Waals surface area contributed by atoms with Crippen LogP contribution in [0.15, 0.2) is 158 Å². The molecule has 16 nitrogen and oxygen atoms in total. The lowest BCUT2D eigenvalue weighted by atomic mass is 10.1. The zero-order valence-electron chi connectivity index (χ0n) is 59.9. The molecule has 0 rings (SSSR count). The first-order chi connectivity index (χ1) is 47.2. The highest BCUT2D eigenvalue weighted by Gasteiger charge is 2.29. The summed E-state index contributed by atoms with van der Waals surface area (Å²) in [6.45, 7) is 2.34. The summed E-state index contributed by atoms with van der Waals surface area (Å²) in [6.07, 6.45) is 87.1. The first-order valence-corrected chi connectivity index (χ1v) is 39.8. The molecule has 0 saturated heterocycles. The smallest absolute Gasteiger partial charge is 0.463 e. The molecule has 0 heterocycles. The molecule has 0 aliphatic rings. The van der Waals surface area contributed by atoms with E-state index in [1.54, 1.807) is 0 Å². The van der Waals surface area contributed by atoms with Crippen LogP contribution in [0.1, 0.15) is 265 Å². The van der Waals surface area contributed by atoms with E-state index in [2.05, 4.69) is 179 Å². The number of ether oxygens (including phenoxy) is 3. The summed E-state index contributed by atoms with van der Waals surface area (Å²) < 4.78 is 61.0. The van der Waals surface area contributed by atoms with Crippen LogP contribution >= 0.6 is 15.6 Å². The minimum absolute atomic E-state index is 0.0785. The lowest BCUT2D eigenvalue weighted by Crippen LogP contribution is -2.30. The Kier molecular flexibility index (Phi) is 67.5. The zero-order chi connectivity index (χ0) is 70.9. The van der Waals surface area contributed by atoms with Crippen LogP contribution in [-0.4, -0.2) is 95.9 Å². The third kappa shape index (κ3) is 72.2. The molecule has 0 bridgehead atoms. The number of rotatable bonds is 68. The highest BCUT2D eigenvalue weighted by molar-refractivity contribution is 7.47. The zero-order valence-corrected chi connectivity index (χ0v) is 61.7. The molecular weight excluding hydrogens is 1270 g/mol. The van der Waals surface area contributed by atoms with Crippen molar-refractivity contribution in [2.45, 2.75) is 283 Å². The first-order valence-electron chi connectivity index (χ1n) is 36.8. The second-order valence-electron chi connectivity index (χ2n) is 24.0. The van der Waals surface area contributed by atoms with Gasteiger partial charge in [-0.25, -0.2) is 9.13 Å². The first kappa shape index (κ1) is 92.2. The molecule has 552 valence electrons. The van der Waals surface area contributed by atoms with Crippen molar-refractivity contribution in [3.63, 3.8) is 0 Å². The van der Waals surface area contributed by atoms with E-state index >= 15 is 0 Å². The van der Waals surface area contributed by atoms with E-state index < -0.39 is 91.5 Å². The molecular formula is C79H130O16P2. The Hall–Kier alpha value is -4.83. The standard InChI is InChI=1S/C79H130O16P2/c1-4-7-10-13-16-19-22-25-28-30-32-34-35-36-37-39-41-42-45-47-50-53-56-59-62-65-77(82)89-68-74(80)69-91-96(85,86)92-70-75(81)71-93-97(87,88)94-73-76(95-79(84)67-64-61-58-55-52-49-44-27-24-21-18-15-12-9-6-3)72-90-78(83)66-63-60-57-54-51-48-46-43-40-38-33-31-29-26-23-20-17-14-11-8-5-2/h7-8,10-11,16-21,25-29,32-34,36-38,41-44,46,74-76,80-81H,4-6,9,12-15,22-24,30-31,35,39-40,45,47-73H2,1-3H3,(H,85,86)(H,87,88)/b10-7-,11-8-,19-16-,20-17-,21-18-,28-25-,29-26-,34-32-,37-36-,38-33-,42-41-,44-27-,46-43-. The maximum absolute atomic E-state index is 12.9. The molecule has 97 heavy (non-hydrogen) atoms. The Morgan fingerprint density at radius 3 is 0.866 bits per heavy atom. The summed E-state index contributed by atoms with van der Waals surface area (Å²) in [7, 11) is -9.81. The van der Waals surface area contributed by atoms with Crippen molar-refractivity contribution in [2.24, 2.45) is 0 Å². The maximum atomic E-state index is 12.9. The Morgan fingerprint density at radius 1 is 0.299 bits per heavy atom. The number of hydrogen-bond acceptors (Lipinski definition) is 14. The number of allylic oxidation sites excluding steroid dienone is 26. The minimum Gasteiger partial charge on any atom is -0.463 e. The normalized spacial score (nSPS) is 15.0. The lowest BCUT2D eigenvalue weighted by molar-refractivity contribution is -0.161. The fourth-order valence-corrected chi connectivity index (χ4v) is 10.7. The van der Waals surface area contributed by atoms with E-state index in [1.807, 2.05) is 0 Å². The lowest BCUT2D eigenvalue weighted by Gasteiger charge is -2.21. The van der Waals surface area contributed by atoms with E-state index in [0.717, 1.165) is 186 Å². The van der Waals surface area contributed by atoms with Gasteiger partial charge in [-0.3, -0.25) is 32.5 Å². The van der Waals surface area contributed by atoms with E-state index in [4.69, 9.17) is 32.3 Å². The van der Waals surface area contributed by atoms with Gasteiger partial charge in [0.05, 0.1) is 26.4 Å². The molecule has 0 aromatic rings. The van der Waals surface area contributed by atoms with E-state index in [9.17, 15) is 43.5 Å². The number of aliphatic hydroxyl groups is 2. The Bertz CT molecular complexity index is 2400. The second kappa shape index (κ2) is 71.0. The number of esters is 3. The van der Waals surface area contributed by atoms with Crippen molar-refractivity contribution in [3.8, 4) is 0 Å². The quantitative estimate of drug-likeness (QED) is 0.0146. The van der Waals surface area contributed by atoms with Gasteiger partial charge in [-0.15, -0.1) is 0 Å². The molecule has 0 radical (unpaired) electrons. The van der Waals surface area contributed by atoms with Crippen LogP contribution in [0, 0.1) is 0 Å². The summed E-state index contributed by atoms with van der Waals surface area (Å²) >= 11 is 0. The van der Waals surface area contributed by atoms with Crippen LogP contribution in [0.4, 0.5) is 0 Å². The van der Waals surface area contributed by atoms with Gasteiger partial charge in [0.1, 0.15) is 25.4 Å². The van der Waals surface area contributed by atoms with Gasteiger partial charge in [0.25, 0.3) is 0 Å². The van der Waals surface area contributed by atoms with Gasteiger partial charge in [-0.1, -0.05) is 256 Å². The largest absolute Gasteiger partial charge is 0.472 e. The molecule has 0 amide bonds. The van der Waals surface area contributed by atoms with Crippen molar-refractivity contribution in [1.82, 2.24) is 0 Å². The SMILES string of the molecule is CC/C=C\C/C=C\C/C=C\C/C=C\C/C=C\C/C=C\CCCCCCCCC(=O)OCC(O)COP(=O)(O)OCC(O)COP(=O)(O)OCC(COC(=O)CCCCCCC/C=C\C/C=C\C/C=C\C/C=C\C/C=C\CC)OC(=O)CCCCCCC/C=C\C/C=C\CCCCC. The van der Waals surface area contributed by atoms with Crippen LogP contribution in [0.3, 0.4) is 0 Å². The third-order valence-electron chi connectivity index (χ3n) is 14.7.